The highest BCUT2D eigenvalue weighted by molar-refractivity contribution is 7.99. The topological polar surface area (TPSA) is 96.5 Å². The zero-order chi connectivity index (χ0) is 14.4. The van der Waals surface area contributed by atoms with Crippen LogP contribution >= 0.6 is 11.8 Å². The fourth-order valence-corrected chi connectivity index (χ4v) is 2.61. The molecule has 0 saturated carbocycles. The van der Waals surface area contributed by atoms with Gasteiger partial charge >= 0.3 is 17.8 Å². The summed E-state index contributed by atoms with van der Waals surface area (Å²) in [5.74, 6) is -0.465. The molecular weight excluding hydrogens is 282 g/mol. The van der Waals surface area contributed by atoms with E-state index >= 15 is 0 Å². The van der Waals surface area contributed by atoms with Crippen molar-refractivity contribution in [2.24, 2.45) is 0 Å². The highest BCUT2D eigenvalue weighted by Gasteiger charge is 2.22. The second-order valence-electron chi connectivity index (χ2n) is 4.61. The number of hydrogen-bond acceptors (Lipinski definition) is 6. The summed E-state index contributed by atoms with van der Waals surface area (Å²) in [7, 11) is 0. The number of rotatable bonds is 5. The maximum Gasteiger partial charge on any atom is 0.316 e. The summed E-state index contributed by atoms with van der Waals surface area (Å²) < 4.78 is 4.96. The van der Waals surface area contributed by atoms with Crippen LogP contribution in [0, 0.1) is 0 Å². The number of hydrogen-bond donors (Lipinski definition) is 1. The summed E-state index contributed by atoms with van der Waals surface area (Å²) in [5, 5.41) is 12.2. The summed E-state index contributed by atoms with van der Waals surface area (Å²) in [5.41, 5.74) is 0. The van der Waals surface area contributed by atoms with Gasteiger partial charge in [0.1, 0.15) is 0 Å². The molecule has 1 fully saturated rings. The van der Waals surface area contributed by atoms with Gasteiger partial charge in [0.15, 0.2) is 5.82 Å². The number of likely N-dealkylation sites (tertiary alicyclic amines) is 1. The van der Waals surface area contributed by atoms with E-state index < -0.39 is 5.97 Å². The third kappa shape index (κ3) is 4.22. The molecule has 0 radical (unpaired) electrons. The zero-order valence-corrected chi connectivity index (χ0v) is 11.9. The van der Waals surface area contributed by atoms with Gasteiger partial charge in [0.05, 0.1) is 11.5 Å². The standard InChI is InChI=1S/C12H17N3O4S/c16-10(17)8-20-7-9-13-11(19-14-9)12(18)15-5-3-1-2-4-6-15/h1-8H2,(H,16,17). The van der Waals surface area contributed by atoms with Crippen LogP contribution in [0.3, 0.4) is 0 Å². The molecule has 1 aliphatic heterocycles. The zero-order valence-electron chi connectivity index (χ0n) is 11.1. The van der Waals surface area contributed by atoms with Crippen molar-refractivity contribution < 1.29 is 19.2 Å². The van der Waals surface area contributed by atoms with Crippen LogP contribution in [0.5, 0.6) is 0 Å². The molecule has 1 N–H and O–H groups in total. The molecule has 110 valence electrons. The van der Waals surface area contributed by atoms with Crippen LogP contribution < -0.4 is 0 Å². The lowest BCUT2D eigenvalue weighted by Gasteiger charge is -2.17. The smallest absolute Gasteiger partial charge is 0.316 e. The monoisotopic (exact) mass is 299 g/mol. The van der Waals surface area contributed by atoms with Crippen molar-refractivity contribution in [3.8, 4) is 0 Å². The molecule has 0 atom stereocenters. The SMILES string of the molecule is O=C(O)CSCc1noc(C(=O)N2CCCCCC2)n1. The van der Waals surface area contributed by atoms with Gasteiger partial charge in [-0.1, -0.05) is 18.0 Å². The van der Waals surface area contributed by atoms with E-state index in [4.69, 9.17) is 9.63 Å². The van der Waals surface area contributed by atoms with E-state index in [1.807, 2.05) is 0 Å². The van der Waals surface area contributed by atoms with Crippen molar-refractivity contribution in [3.05, 3.63) is 11.7 Å². The summed E-state index contributed by atoms with van der Waals surface area (Å²) in [4.78, 5) is 28.3. The lowest BCUT2D eigenvalue weighted by atomic mass is 10.2. The maximum absolute atomic E-state index is 12.2. The first-order valence-electron chi connectivity index (χ1n) is 6.58. The molecule has 1 aliphatic rings. The van der Waals surface area contributed by atoms with Crippen molar-refractivity contribution in [1.29, 1.82) is 0 Å². The molecule has 7 nitrogen and oxygen atoms in total. The van der Waals surface area contributed by atoms with Gasteiger partial charge in [-0.15, -0.1) is 11.8 Å². The first-order chi connectivity index (χ1) is 9.66. The van der Waals surface area contributed by atoms with Crippen molar-refractivity contribution >= 4 is 23.6 Å². The van der Waals surface area contributed by atoms with Crippen LogP contribution in [0.4, 0.5) is 0 Å². The number of amides is 1. The quantitative estimate of drug-likeness (QED) is 0.877. The number of carbonyl (C=O) groups excluding carboxylic acids is 1. The van der Waals surface area contributed by atoms with Crippen LogP contribution in [-0.2, 0) is 10.5 Å². The first kappa shape index (κ1) is 14.8. The van der Waals surface area contributed by atoms with Gasteiger partial charge in [-0.2, -0.15) is 4.98 Å². The van der Waals surface area contributed by atoms with Crippen LogP contribution in [0.15, 0.2) is 4.52 Å². The number of nitrogens with zero attached hydrogens (tertiary/aromatic N) is 3. The molecule has 2 rings (SSSR count). The van der Waals surface area contributed by atoms with Gasteiger partial charge in [-0.3, -0.25) is 9.59 Å². The molecule has 0 aromatic carbocycles. The minimum atomic E-state index is -0.889. The van der Waals surface area contributed by atoms with E-state index in [2.05, 4.69) is 10.1 Å². The van der Waals surface area contributed by atoms with Gasteiger partial charge in [-0.05, 0) is 12.8 Å². The summed E-state index contributed by atoms with van der Waals surface area (Å²) >= 11 is 1.17. The number of carboxylic acids is 1. The predicted molar refractivity (Wildman–Crippen MR) is 72.5 cm³/mol. The molecule has 2 heterocycles. The van der Waals surface area contributed by atoms with Gasteiger partial charge < -0.3 is 14.5 Å². The normalized spacial score (nSPS) is 15.9. The fraction of sp³-hybridized carbons (Fsp3) is 0.667. The van der Waals surface area contributed by atoms with Crippen molar-refractivity contribution in [2.75, 3.05) is 18.8 Å². The Kier molecular flexibility index (Phi) is 5.40. The second-order valence-corrected chi connectivity index (χ2v) is 5.59. The molecule has 0 bridgehead atoms. The molecule has 8 heteroatoms. The summed E-state index contributed by atoms with van der Waals surface area (Å²) in [6.45, 7) is 1.45. The molecule has 1 aromatic rings. The lowest BCUT2D eigenvalue weighted by molar-refractivity contribution is -0.133. The third-order valence-corrected chi connectivity index (χ3v) is 3.91. The largest absolute Gasteiger partial charge is 0.481 e. The Morgan fingerprint density at radius 2 is 1.95 bits per heavy atom. The van der Waals surface area contributed by atoms with Gasteiger partial charge in [0.25, 0.3) is 0 Å². The Morgan fingerprint density at radius 1 is 1.25 bits per heavy atom. The number of carboxylic acid groups (broad SMARTS) is 1. The predicted octanol–water partition coefficient (Wildman–Crippen LogP) is 1.40. The molecule has 20 heavy (non-hydrogen) atoms. The molecule has 1 saturated heterocycles. The third-order valence-electron chi connectivity index (χ3n) is 3.00. The molecule has 0 unspecified atom stereocenters. The van der Waals surface area contributed by atoms with E-state index in [9.17, 15) is 9.59 Å². The molecule has 1 aromatic heterocycles. The number of carbonyl (C=O) groups is 2. The summed E-state index contributed by atoms with van der Waals surface area (Å²) in [6.07, 6.45) is 4.29. The fourth-order valence-electron chi connectivity index (χ4n) is 2.04. The number of aromatic nitrogens is 2. The van der Waals surface area contributed by atoms with E-state index in [0.29, 0.717) is 11.6 Å². The van der Waals surface area contributed by atoms with Gasteiger partial charge in [0.2, 0.25) is 0 Å². The average Bonchev–Trinajstić information content (AvgIpc) is 2.72. The number of aliphatic carboxylic acids is 1. The highest BCUT2D eigenvalue weighted by Crippen LogP contribution is 2.14. The van der Waals surface area contributed by atoms with Crippen LogP contribution in [0.25, 0.3) is 0 Å². The van der Waals surface area contributed by atoms with Gasteiger partial charge in [0, 0.05) is 13.1 Å². The Hall–Kier alpha value is -1.57. The highest BCUT2D eigenvalue weighted by atomic mass is 32.2. The Balaban J connectivity index is 1.90. The van der Waals surface area contributed by atoms with E-state index in [1.165, 1.54) is 11.8 Å². The lowest BCUT2D eigenvalue weighted by Crippen LogP contribution is -2.32. The second kappa shape index (κ2) is 7.28. The number of thioether (sulfide) groups is 1. The van der Waals surface area contributed by atoms with E-state index in [-0.39, 0.29) is 17.6 Å². The van der Waals surface area contributed by atoms with Crippen molar-refractivity contribution in [1.82, 2.24) is 15.0 Å². The minimum Gasteiger partial charge on any atom is -0.481 e. The Labute approximate surface area is 120 Å². The van der Waals surface area contributed by atoms with E-state index in [0.717, 1.165) is 38.8 Å². The average molecular weight is 299 g/mol. The molecular formula is C12H17N3O4S. The van der Waals surface area contributed by atoms with E-state index in [1.54, 1.807) is 4.90 Å². The first-order valence-corrected chi connectivity index (χ1v) is 7.73. The van der Waals surface area contributed by atoms with Crippen LogP contribution in [-0.4, -0.2) is 50.9 Å². The van der Waals surface area contributed by atoms with Crippen LogP contribution in [0.1, 0.15) is 42.2 Å². The van der Waals surface area contributed by atoms with Crippen molar-refractivity contribution in [2.45, 2.75) is 31.4 Å². The van der Waals surface area contributed by atoms with Gasteiger partial charge in [-0.25, -0.2) is 0 Å². The Morgan fingerprint density at radius 3 is 2.60 bits per heavy atom. The molecule has 0 spiro atoms. The maximum atomic E-state index is 12.2. The minimum absolute atomic E-state index is 0.00201. The molecule has 1 amide bonds. The molecule has 0 aliphatic carbocycles. The summed E-state index contributed by atoms with van der Waals surface area (Å²) in [6, 6.07) is 0. The van der Waals surface area contributed by atoms with Crippen molar-refractivity contribution in [3.63, 3.8) is 0 Å². The Bertz CT molecular complexity index is 469. The van der Waals surface area contributed by atoms with Crippen LogP contribution in [0.2, 0.25) is 0 Å².